The molecule has 0 aliphatic carbocycles. The minimum atomic E-state index is -2.76. The number of ether oxygens (including phenoxy) is 2. The van der Waals surface area contributed by atoms with Gasteiger partial charge in [0.2, 0.25) is 0 Å². The third-order valence-corrected chi connectivity index (χ3v) is 6.53. The molecule has 0 aliphatic rings. The highest BCUT2D eigenvalue weighted by Gasteiger charge is 2.40. The molecule has 1 N–H and O–H groups in total. The molecule has 0 saturated heterocycles. The molecule has 2 atom stereocenters. The fraction of sp³-hybridized carbons (Fsp3) is 0.933. The molecule has 0 aliphatic heterocycles. The van der Waals surface area contributed by atoms with Crippen LogP contribution in [-0.2, 0) is 22.8 Å². The van der Waals surface area contributed by atoms with Crippen molar-refractivity contribution in [1.82, 2.24) is 4.90 Å². The van der Waals surface area contributed by atoms with Crippen LogP contribution < -0.4 is 0 Å². The molecule has 8 nitrogen and oxygen atoms in total. The Balaban J connectivity index is 4.73. The van der Waals surface area contributed by atoms with Crippen LogP contribution in [0.25, 0.3) is 0 Å². The van der Waals surface area contributed by atoms with Crippen LogP contribution in [-0.4, -0.2) is 70.9 Å². The van der Waals surface area contributed by atoms with Crippen molar-refractivity contribution >= 4 is 14.9 Å². The van der Waals surface area contributed by atoms with Gasteiger partial charge in [0, 0.05) is 39.5 Å². The number of methoxy groups -OCH3 is 1. The molecule has 0 heterocycles. The summed E-state index contributed by atoms with van der Waals surface area (Å²) in [5.41, 5.74) is 0. The van der Waals surface area contributed by atoms with Crippen LogP contribution in [0.3, 0.4) is 0 Å². The minimum Gasteiger partial charge on any atom is -0.465 e. The molecular weight excluding hydrogens is 334 g/mol. The lowest BCUT2D eigenvalue weighted by atomic mass is 10.4. The van der Waals surface area contributed by atoms with E-state index in [1.54, 1.807) is 13.8 Å². The van der Waals surface area contributed by atoms with Gasteiger partial charge in [0.25, 0.3) is 0 Å². The molecule has 0 fully saturated rings. The first kappa shape index (κ1) is 23.3. The SMILES string of the molecule is CCO[Si](CCCN(C(=O)O)C(C)OC(C)OC)(OCC)OCC. The average molecular weight is 368 g/mol. The highest BCUT2D eigenvalue weighted by atomic mass is 28.4. The molecule has 0 aromatic rings. The van der Waals surface area contributed by atoms with Crippen molar-refractivity contribution < 1.29 is 32.7 Å². The molecule has 0 aromatic heterocycles. The maximum atomic E-state index is 11.5. The van der Waals surface area contributed by atoms with Gasteiger partial charge in [-0.25, -0.2) is 4.79 Å². The molecule has 0 rings (SSSR count). The number of nitrogens with zero attached hydrogens (tertiary/aromatic N) is 1. The van der Waals surface area contributed by atoms with Crippen LogP contribution >= 0.6 is 0 Å². The van der Waals surface area contributed by atoms with Gasteiger partial charge in [0.1, 0.15) is 6.23 Å². The molecule has 0 aromatic carbocycles. The average Bonchev–Trinajstić information content (AvgIpc) is 2.51. The second kappa shape index (κ2) is 12.6. The maximum absolute atomic E-state index is 11.5. The van der Waals surface area contributed by atoms with Crippen LogP contribution in [0.1, 0.15) is 41.0 Å². The van der Waals surface area contributed by atoms with E-state index in [4.69, 9.17) is 22.8 Å². The summed E-state index contributed by atoms with van der Waals surface area (Å²) < 4.78 is 27.8. The van der Waals surface area contributed by atoms with Crippen LogP contribution in [0.15, 0.2) is 0 Å². The molecule has 2 unspecified atom stereocenters. The van der Waals surface area contributed by atoms with Gasteiger partial charge >= 0.3 is 14.9 Å². The molecule has 0 bridgehead atoms. The third kappa shape index (κ3) is 8.40. The second-order valence-electron chi connectivity index (χ2n) is 5.10. The van der Waals surface area contributed by atoms with Crippen molar-refractivity contribution in [2.24, 2.45) is 0 Å². The summed E-state index contributed by atoms with van der Waals surface area (Å²) in [6, 6.07) is 0.554. The first-order chi connectivity index (χ1) is 11.4. The van der Waals surface area contributed by atoms with Gasteiger partial charge < -0.3 is 27.9 Å². The van der Waals surface area contributed by atoms with E-state index < -0.39 is 27.4 Å². The van der Waals surface area contributed by atoms with Crippen LogP contribution in [0, 0.1) is 0 Å². The molecule has 0 saturated carbocycles. The Labute approximate surface area is 146 Å². The van der Waals surface area contributed by atoms with Crippen LogP contribution in [0.2, 0.25) is 6.04 Å². The van der Waals surface area contributed by atoms with Crippen molar-refractivity contribution in [2.45, 2.75) is 59.6 Å². The predicted molar refractivity (Wildman–Crippen MR) is 91.8 cm³/mol. The summed E-state index contributed by atoms with van der Waals surface area (Å²) in [6.07, 6.45) is -1.57. The van der Waals surface area contributed by atoms with Gasteiger partial charge in [-0.2, -0.15) is 0 Å². The van der Waals surface area contributed by atoms with Gasteiger partial charge in [-0.05, 0) is 41.0 Å². The zero-order valence-corrected chi connectivity index (χ0v) is 16.7. The van der Waals surface area contributed by atoms with Gasteiger partial charge in [0.15, 0.2) is 6.29 Å². The summed E-state index contributed by atoms with van der Waals surface area (Å²) in [6.45, 7) is 10.9. The van der Waals surface area contributed by atoms with Crippen molar-refractivity contribution in [3.8, 4) is 0 Å². The first-order valence-corrected chi connectivity index (χ1v) is 10.4. The molecule has 0 spiro atoms. The Morgan fingerprint density at radius 3 is 1.96 bits per heavy atom. The van der Waals surface area contributed by atoms with Gasteiger partial charge in [0.05, 0.1) is 0 Å². The van der Waals surface area contributed by atoms with Gasteiger partial charge in [-0.3, -0.25) is 4.90 Å². The largest absolute Gasteiger partial charge is 0.500 e. The number of hydrogen-bond acceptors (Lipinski definition) is 6. The fourth-order valence-corrected chi connectivity index (χ4v) is 4.90. The smallest absolute Gasteiger partial charge is 0.465 e. The van der Waals surface area contributed by atoms with E-state index in [2.05, 4.69) is 0 Å². The van der Waals surface area contributed by atoms with E-state index in [1.165, 1.54) is 12.0 Å². The number of carboxylic acid groups (broad SMARTS) is 1. The zero-order valence-electron chi connectivity index (χ0n) is 15.7. The van der Waals surface area contributed by atoms with E-state index in [9.17, 15) is 9.90 Å². The third-order valence-electron chi connectivity index (χ3n) is 3.38. The summed E-state index contributed by atoms with van der Waals surface area (Å²) in [7, 11) is -1.25. The Morgan fingerprint density at radius 1 is 1.08 bits per heavy atom. The van der Waals surface area contributed by atoms with E-state index in [1.807, 2.05) is 20.8 Å². The number of amides is 1. The Hall–Kier alpha value is -0.713. The van der Waals surface area contributed by atoms with E-state index in [0.717, 1.165) is 0 Å². The molecule has 1 amide bonds. The molecule has 24 heavy (non-hydrogen) atoms. The van der Waals surface area contributed by atoms with E-state index >= 15 is 0 Å². The zero-order chi connectivity index (χ0) is 18.6. The standard InChI is InChI=1S/C15H33NO7Si/c1-7-20-24(21-8-2,22-9-3)12-10-11-16(15(17)18)13(4)23-14(5)19-6/h13-14H,7-12H2,1-6H3,(H,17,18). The Morgan fingerprint density at radius 2 is 1.58 bits per heavy atom. The predicted octanol–water partition coefficient (Wildman–Crippen LogP) is 2.76. The second-order valence-corrected chi connectivity index (χ2v) is 7.83. The highest BCUT2D eigenvalue weighted by molar-refractivity contribution is 6.60. The van der Waals surface area contributed by atoms with Crippen molar-refractivity contribution in [3.05, 3.63) is 0 Å². The van der Waals surface area contributed by atoms with Crippen molar-refractivity contribution in [1.29, 1.82) is 0 Å². The summed E-state index contributed by atoms with van der Waals surface area (Å²) in [5.74, 6) is 0. The molecular formula is C15H33NO7Si. The Kier molecular flexibility index (Phi) is 12.2. The fourth-order valence-electron chi connectivity index (χ4n) is 2.31. The molecule has 0 radical (unpaired) electrons. The summed E-state index contributed by atoms with van der Waals surface area (Å²) >= 11 is 0. The molecule has 144 valence electrons. The maximum Gasteiger partial charge on any atom is 0.500 e. The van der Waals surface area contributed by atoms with Gasteiger partial charge in [-0.15, -0.1) is 0 Å². The Bertz CT molecular complexity index is 329. The van der Waals surface area contributed by atoms with Crippen LogP contribution in [0.4, 0.5) is 4.79 Å². The summed E-state index contributed by atoms with van der Waals surface area (Å²) in [5, 5.41) is 9.39. The van der Waals surface area contributed by atoms with Crippen molar-refractivity contribution in [2.75, 3.05) is 33.5 Å². The number of rotatable bonds is 14. The first-order valence-electron chi connectivity index (χ1n) is 8.45. The van der Waals surface area contributed by atoms with E-state index in [-0.39, 0.29) is 0 Å². The number of carbonyl (C=O) groups is 1. The molecule has 9 heteroatoms. The number of hydrogen-bond donors (Lipinski definition) is 1. The monoisotopic (exact) mass is 367 g/mol. The van der Waals surface area contributed by atoms with Crippen LogP contribution in [0.5, 0.6) is 0 Å². The quantitative estimate of drug-likeness (QED) is 0.373. The topological polar surface area (TPSA) is 86.7 Å². The lowest BCUT2D eigenvalue weighted by molar-refractivity contribution is -0.173. The highest BCUT2D eigenvalue weighted by Crippen LogP contribution is 2.19. The lowest BCUT2D eigenvalue weighted by Gasteiger charge is -2.31. The van der Waals surface area contributed by atoms with Gasteiger partial charge in [-0.1, -0.05) is 0 Å². The minimum absolute atomic E-state index is 0.301. The summed E-state index contributed by atoms with van der Waals surface area (Å²) in [4.78, 5) is 12.7. The normalized spacial score (nSPS) is 14.4. The van der Waals surface area contributed by atoms with E-state index in [0.29, 0.717) is 38.8 Å². The lowest BCUT2D eigenvalue weighted by Crippen LogP contribution is -2.47. The van der Waals surface area contributed by atoms with Crippen molar-refractivity contribution in [3.63, 3.8) is 0 Å².